The second-order valence-electron chi connectivity index (χ2n) is 7.72. The molecule has 2 saturated carbocycles. The minimum atomic E-state index is 0.591. The Hall–Kier alpha value is -0.120. The van der Waals surface area contributed by atoms with Crippen LogP contribution in [0.5, 0.6) is 0 Å². The van der Waals surface area contributed by atoms with E-state index in [2.05, 4.69) is 17.6 Å². The van der Waals surface area contributed by atoms with E-state index in [0.29, 0.717) is 6.04 Å². The molecule has 5 atom stereocenters. The summed E-state index contributed by atoms with van der Waals surface area (Å²) in [5, 5.41) is 7.57. The van der Waals surface area contributed by atoms with Gasteiger partial charge in [0.15, 0.2) is 0 Å². The van der Waals surface area contributed by atoms with Crippen LogP contribution in [0.15, 0.2) is 0 Å². The molecule has 0 amide bonds. The lowest BCUT2D eigenvalue weighted by Gasteiger charge is -2.33. The van der Waals surface area contributed by atoms with Gasteiger partial charge < -0.3 is 15.4 Å². The van der Waals surface area contributed by atoms with Gasteiger partial charge in [0.1, 0.15) is 0 Å². The van der Waals surface area contributed by atoms with Gasteiger partial charge in [-0.1, -0.05) is 32.6 Å². The minimum absolute atomic E-state index is 0.591. The first-order chi connectivity index (χ1) is 10.3. The van der Waals surface area contributed by atoms with Crippen molar-refractivity contribution >= 4 is 0 Å². The first kappa shape index (κ1) is 15.8. The Morgan fingerprint density at radius 2 is 2.05 bits per heavy atom. The Kier molecular flexibility index (Phi) is 5.96. The summed E-state index contributed by atoms with van der Waals surface area (Å²) in [5.74, 6) is 2.74. The maximum atomic E-state index is 5.66. The van der Waals surface area contributed by atoms with Gasteiger partial charge in [-0.3, -0.25) is 0 Å². The van der Waals surface area contributed by atoms with Gasteiger partial charge in [-0.2, -0.15) is 0 Å². The van der Waals surface area contributed by atoms with Crippen molar-refractivity contribution in [2.24, 2.45) is 17.8 Å². The Morgan fingerprint density at radius 1 is 1.14 bits per heavy atom. The van der Waals surface area contributed by atoms with Crippen LogP contribution >= 0.6 is 0 Å². The number of nitrogens with one attached hydrogen (secondary N) is 2. The minimum Gasteiger partial charge on any atom is -0.379 e. The molecule has 3 fully saturated rings. The van der Waals surface area contributed by atoms with Crippen molar-refractivity contribution in [3.8, 4) is 0 Å². The Labute approximate surface area is 130 Å². The summed E-state index contributed by atoms with van der Waals surface area (Å²) < 4.78 is 5.66. The molecule has 0 aromatic carbocycles. The maximum Gasteiger partial charge on any atom is 0.0623 e. The first-order valence-corrected chi connectivity index (χ1v) is 9.37. The molecule has 0 bridgehead atoms. The highest BCUT2D eigenvalue weighted by atomic mass is 16.5. The highest BCUT2D eigenvalue weighted by molar-refractivity contribution is 4.92. The quantitative estimate of drug-likeness (QED) is 0.818. The molecule has 0 spiro atoms. The predicted octanol–water partition coefficient (Wildman–Crippen LogP) is 2.95. The van der Waals surface area contributed by atoms with Crippen molar-refractivity contribution in [1.29, 1.82) is 0 Å². The molecule has 5 unspecified atom stereocenters. The molecule has 1 heterocycles. The van der Waals surface area contributed by atoms with Crippen LogP contribution in [0.2, 0.25) is 0 Å². The van der Waals surface area contributed by atoms with Crippen molar-refractivity contribution in [3.63, 3.8) is 0 Å². The molecular formula is C18H34N2O. The maximum absolute atomic E-state index is 5.66. The van der Waals surface area contributed by atoms with Gasteiger partial charge in [0.2, 0.25) is 0 Å². The van der Waals surface area contributed by atoms with Crippen LogP contribution in [0.4, 0.5) is 0 Å². The molecular weight excluding hydrogens is 260 g/mol. The number of hydrogen-bond acceptors (Lipinski definition) is 3. The van der Waals surface area contributed by atoms with Gasteiger partial charge >= 0.3 is 0 Å². The summed E-state index contributed by atoms with van der Waals surface area (Å²) in [6, 6.07) is 1.32. The fourth-order valence-electron chi connectivity index (χ4n) is 4.88. The van der Waals surface area contributed by atoms with Gasteiger partial charge in [0.25, 0.3) is 0 Å². The summed E-state index contributed by atoms with van der Waals surface area (Å²) in [7, 11) is 0. The number of hydrogen-bond donors (Lipinski definition) is 2. The zero-order valence-electron chi connectivity index (χ0n) is 13.8. The van der Waals surface area contributed by atoms with Crippen LogP contribution in [0.3, 0.4) is 0 Å². The van der Waals surface area contributed by atoms with E-state index in [-0.39, 0.29) is 0 Å². The molecule has 0 aromatic heterocycles. The van der Waals surface area contributed by atoms with Crippen molar-refractivity contribution in [3.05, 3.63) is 0 Å². The van der Waals surface area contributed by atoms with Gasteiger partial charge in [0, 0.05) is 18.6 Å². The molecule has 3 nitrogen and oxygen atoms in total. The Morgan fingerprint density at radius 3 is 2.86 bits per heavy atom. The highest BCUT2D eigenvalue weighted by Crippen LogP contribution is 2.32. The fourth-order valence-corrected chi connectivity index (χ4v) is 4.88. The summed E-state index contributed by atoms with van der Waals surface area (Å²) in [6.07, 6.45) is 11.4. The van der Waals surface area contributed by atoms with E-state index in [1.54, 1.807) is 0 Å². The van der Waals surface area contributed by atoms with Crippen LogP contribution in [0.25, 0.3) is 0 Å². The molecule has 21 heavy (non-hydrogen) atoms. The van der Waals surface area contributed by atoms with Gasteiger partial charge in [0.05, 0.1) is 13.2 Å². The Balaban J connectivity index is 1.39. The molecule has 3 aliphatic rings. The highest BCUT2D eigenvalue weighted by Gasteiger charge is 2.34. The van der Waals surface area contributed by atoms with E-state index in [1.807, 2.05) is 0 Å². The molecule has 1 saturated heterocycles. The SMILES string of the molecule is CC1CCCC(CCNC2CCCC2C2COCCN2)C1. The lowest BCUT2D eigenvalue weighted by atomic mass is 9.81. The zero-order valence-corrected chi connectivity index (χ0v) is 13.8. The van der Waals surface area contributed by atoms with Gasteiger partial charge in [-0.25, -0.2) is 0 Å². The monoisotopic (exact) mass is 294 g/mol. The van der Waals surface area contributed by atoms with Crippen molar-refractivity contribution in [1.82, 2.24) is 10.6 Å². The average Bonchev–Trinajstić information content (AvgIpc) is 2.97. The molecule has 0 radical (unpaired) electrons. The summed E-state index contributed by atoms with van der Waals surface area (Å²) in [6.45, 7) is 6.51. The normalized spacial score (nSPS) is 41.3. The Bertz CT molecular complexity index is 304. The van der Waals surface area contributed by atoms with E-state index >= 15 is 0 Å². The van der Waals surface area contributed by atoms with Crippen LogP contribution in [-0.4, -0.2) is 38.4 Å². The van der Waals surface area contributed by atoms with E-state index in [4.69, 9.17) is 4.74 Å². The van der Waals surface area contributed by atoms with Crippen LogP contribution in [0.1, 0.15) is 58.3 Å². The molecule has 0 aromatic rings. The third-order valence-corrected chi connectivity index (χ3v) is 6.04. The molecule has 2 N–H and O–H groups in total. The van der Waals surface area contributed by atoms with Crippen molar-refractivity contribution in [2.75, 3.05) is 26.3 Å². The number of ether oxygens (including phenoxy) is 1. The second-order valence-corrected chi connectivity index (χ2v) is 7.72. The van der Waals surface area contributed by atoms with E-state index in [1.165, 1.54) is 57.9 Å². The first-order valence-electron chi connectivity index (χ1n) is 9.37. The van der Waals surface area contributed by atoms with Gasteiger partial charge in [-0.15, -0.1) is 0 Å². The van der Waals surface area contributed by atoms with Crippen LogP contribution in [-0.2, 0) is 4.74 Å². The summed E-state index contributed by atoms with van der Waals surface area (Å²) in [4.78, 5) is 0. The number of morpholine rings is 1. The summed E-state index contributed by atoms with van der Waals surface area (Å²) >= 11 is 0. The lowest BCUT2D eigenvalue weighted by Crippen LogP contribution is -2.51. The van der Waals surface area contributed by atoms with Crippen LogP contribution < -0.4 is 10.6 Å². The molecule has 3 rings (SSSR count). The number of rotatable bonds is 5. The standard InChI is InChI=1S/C18H34N2O/c1-14-4-2-5-15(12-14)8-9-19-17-7-3-6-16(17)18-13-21-11-10-20-18/h14-20H,2-13H2,1H3. The molecule has 3 heteroatoms. The van der Waals surface area contributed by atoms with Gasteiger partial charge in [-0.05, 0) is 50.0 Å². The zero-order chi connectivity index (χ0) is 14.5. The predicted molar refractivity (Wildman–Crippen MR) is 87.5 cm³/mol. The smallest absolute Gasteiger partial charge is 0.0623 e. The second kappa shape index (κ2) is 7.94. The topological polar surface area (TPSA) is 33.3 Å². The van der Waals surface area contributed by atoms with E-state index in [9.17, 15) is 0 Å². The van der Waals surface area contributed by atoms with Crippen molar-refractivity contribution < 1.29 is 4.74 Å². The largest absolute Gasteiger partial charge is 0.379 e. The third-order valence-electron chi connectivity index (χ3n) is 6.04. The van der Waals surface area contributed by atoms with Crippen LogP contribution in [0, 0.1) is 17.8 Å². The fraction of sp³-hybridized carbons (Fsp3) is 1.00. The lowest BCUT2D eigenvalue weighted by molar-refractivity contribution is 0.0524. The average molecular weight is 294 g/mol. The molecule has 2 aliphatic carbocycles. The van der Waals surface area contributed by atoms with Crippen molar-refractivity contribution in [2.45, 2.75) is 70.4 Å². The molecule has 122 valence electrons. The third kappa shape index (κ3) is 4.43. The van der Waals surface area contributed by atoms with E-state index < -0.39 is 0 Å². The van der Waals surface area contributed by atoms with E-state index in [0.717, 1.165) is 43.6 Å². The molecule has 1 aliphatic heterocycles. The summed E-state index contributed by atoms with van der Waals surface area (Å²) in [5.41, 5.74) is 0.